The highest BCUT2D eigenvalue weighted by Crippen LogP contribution is 1.68. The fraction of sp³-hybridized carbons (Fsp3) is 0. The van der Waals surface area contributed by atoms with E-state index >= 15 is 0 Å². The van der Waals surface area contributed by atoms with Crippen LogP contribution < -0.4 is 5.90 Å². The zero-order chi connectivity index (χ0) is 5.21. The Labute approximate surface area is 34.6 Å². The number of hydrogen-bond donors (Lipinski definition) is 2. The van der Waals surface area contributed by atoms with Gasteiger partial charge in [-0.25, -0.2) is 0 Å². The molecular formula is H4NO4S+. The van der Waals surface area contributed by atoms with Crippen LogP contribution in [0.25, 0.3) is 0 Å². The van der Waals surface area contributed by atoms with Crippen molar-refractivity contribution in [3.05, 3.63) is 0 Å². The third-order valence-corrected chi connectivity index (χ3v) is 0.447. The summed E-state index contributed by atoms with van der Waals surface area (Å²) in [5.41, 5.74) is 0. The first-order valence-electron chi connectivity index (χ1n) is 0.971. The fourth-order valence-corrected chi connectivity index (χ4v) is 0. The maximum Gasteiger partial charge on any atom is 0.441 e. The molecule has 0 aromatic rings. The topological polar surface area (TPSA) is 91.2 Å². The molecule has 0 aromatic carbocycles. The molecule has 0 rings (SSSR count). The summed E-state index contributed by atoms with van der Waals surface area (Å²) >= 11 is 0. The van der Waals surface area contributed by atoms with Gasteiger partial charge in [-0.2, -0.15) is 14.3 Å². The van der Waals surface area contributed by atoms with Crippen molar-refractivity contribution in [1.82, 2.24) is 0 Å². The van der Waals surface area contributed by atoms with Gasteiger partial charge in [0.15, 0.2) is 0 Å². The van der Waals surface area contributed by atoms with E-state index in [9.17, 15) is 8.42 Å². The average Bonchev–Trinajstić information content (AvgIpc) is 1.35. The van der Waals surface area contributed by atoms with Gasteiger partial charge in [-0.05, 0) is 0 Å². The lowest BCUT2D eigenvalue weighted by Crippen LogP contribution is -2.50. The van der Waals surface area contributed by atoms with Crippen LogP contribution in [-0.4, -0.2) is 13.0 Å². The first kappa shape index (κ1) is 5.83. The van der Waals surface area contributed by atoms with Gasteiger partial charge in [-0.1, -0.05) is 4.28 Å². The molecule has 4 N–H and O–H groups in total. The molecule has 0 aliphatic carbocycles. The van der Waals surface area contributed by atoms with Crippen molar-refractivity contribution in [3.8, 4) is 0 Å². The van der Waals surface area contributed by atoms with Crippen LogP contribution in [0, 0.1) is 0 Å². The van der Waals surface area contributed by atoms with E-state index < -0.39 is 10.4 Å². The zero-order valence-corrected chi connectivity index (χ0v) is 3.60. The first-order chi connectivity index (χ1) is 2.56. The number of quaternary nitrogens is 1. The molecule has 0 atom stereocenters. The van der Waals surface area contributed by atoms with E-state index in [1.165, 1.54) is 0 Å². The molecule has 0 fully saturated rings. The minimum Gasteiger partial charge on any atom is -0.260 e. The van der Waals surface area contributed by atoms with E-state index in [4.69, 9.17) is 4.55 Å². The molecule has 0 unspecified atom stereocenters. The summed E-state index contributed by atoms with van der Waals surface area (Å²) in [6, 6.07) is 0. The molecule has 6 heteroatoms. The van der Waals surface area contributed by atoms with Crippen molar-refractivity contribution in [1.29, 1.82) is 0 Å². The van der Waals surface area contributed by atoms with Crippen LogP contribution in [0.3, 0.4) is 0 Å². The van der Waals surface area contributed by atoms with Crippen LogP contribution in [0.1, 0.15) is 0 Å². The van der Waals surface area contributed by atoms with Gasteiger partial charge >= 0.3 is 10.4 Å². The second-order valence-corrected chi connectivity index (χ2v) is 1.64. The summed E-state index contributed by atoms with van der Waals surface area (Å²) in [5.74, 6) is 2.42. The summed E-state index contributed by atoms with van der Waals surface area (Å²) in [5, 5.41) is 0. The second kappa shape index (κ2) is 1.52. The predicted molar refractivity (Wildman–Crippen MR) is 15.5 cm³/mol. The van der Waals surface area contributed by atoms with E-state index in [-0.39, 0.29) is 0 Å². The molecular weight excluding hydrogens is 110 g/mol. The Balaban J connectivity index is 3.85. The molecule has 0 aromatic heterocycles. The van der Waals surface area contributed by atoms with Crippen LogP contribution in [0.5, 0.6) is 0 Å². The molecule has 0 spiro atoms. The Kier molecular flexibility index (Phi) is 1.48. The monoisotopic (exact) mass is 114 g/mol. The normalized spacial score (nSPS) is 11.7. The number of rotatable bonds is 1. The maximum absolute atomic E-state index is 9.27. The van der Waals surface area contributed by atoms with Gasteiger partial charge in [-0.3, -0.25) is 4.55 Å². The van der Waals surface area contributed by atoms with E-state index in [0.29, 0.717) is 0 Å². The lowest BCUT2D eigenvalue weighted by molar-refractivity contribution is -0.637. The molecule has 0 amide bonds. The predicted octanol–water partition coefficient (Wildman–Crippen LogP) is -2.04. The lowest BCUT2D eigenvalue weighted by Gasteiger charge is -1.77. The van der Waals surface area contributed by atoms with Crippen molar-refractivity contribution in [2.75, 3.05) is 0 Å². The standard InChI is InChI=1S/H3NO4S/c1-5-6(2,3)4/h1H3/p+1. The van der Waals surface area contributed by atoms with E-state index in [1.807, 2.05) is 0 Å². The van der Waals surface area contributed by atoms with Crippen LogP contribution in [0.2, 0.25) is 0 Å². The summed E-state index contributed by atoms with van der Waals surface area (Å²) in [7, 11) is -4.27. The van der Waals surface area contributed by atoms with Crippen LogP contribution in [0.4, 0.5) is 0 Å². The van der Waals surface area contributed by atoms with Crippen molar-refractivity contribution < 1.29 is 23.2 Å². The van der Waals surface area contributed by atoms with Gasteiger partial charge in [0.2, 0.25) is 0 Å². The Morgan fingerprint density at radius 3 is 1.83 bits per heavy atom. The number of hydrogen-bond acceptors (Lipinski definition) is 3. The summed E-state index contributed by atoms with van der Waals surface area (Å²) in [4.78, 5) is 0. The summed E-state index contributed by atoms with van der Waals surface area (Å²) in [6.07, 6.45) is 0. The molecule has 0 saturated heterocycles. The Bertz CT molecular complexity index is 110. The van der Waals surface area contributed by atoms with Crippen molar-refractivity contribution >= 4 is 10.4 Å². The van der Waals surface area contributed by atoms with E-state index in [1.54, 1.807) is 0 Å². The van der Waals surface area contributed by atoms with Gasteiger partial charge < -0.3 is 0 Å². The average molecular weight is 114 g/mol. The highest BCUT2D eigenvalue weighted by Gasteiger charge is 1.99. The summed E-state index contributed by atoms with van der Waals surface area (Å²) in [6.45, 7) is 0. The third-order valence-electron chi connectivity index (χ3n) is 0.149. The van der Waals surface area contributed by atoms with Gasteiger partial charge in [0.25, 0.3) is 0 Å². The highest BCUT2D eigenvalue weighted by molar-refractivity contribution is 7.80. The molecule has 0 aliphatic rings. The summed E-state index contributed by atoms with van der Waals surface area (Å²) < 4.78 is 29.3. The Morgan fingerprint density at radius 2 is 1.83 bits per heavy atom. The Hall–Kier alpha value is -0.170. The smallest absolute Gasteiger partial charge is 0.260 e. The largest absolute Gasteiger partial charge is 0.441 e. The van der Waals surface area contributed by atoms with Gasteiger partial charge in [0.1, 0.15) is 0 Å². The highest BCUT2D eigenvalue weighted by atomic mass is 32.3. The molecule has 0 radical (unpaired) electrons. The molecule has 38 valence electrons. The molecule has 0 aliphatic heterocycles. The maximum atomic E-state index is 9.27. The zero-order valence-electron chi connectivity index (χ0n) is 2.79. The van der Waals surface area contributed by atoms with Crippen molar-refractivity contribution in [2.24, 2.45) is 0 Å². The van der Waals surface area contributed by atoms with Gasteiger partial charge in [0, 0.05) is 0 Å². The molecule has 0 heterocycles. The lowest BCUT2D eigenvalue weighted by atomic mass is 13.6. The Morgan fingerprint density at radius 1 is 1.67 bits per heavy atom. The second-order valence-electron chi connectivity index (χ2n) is 0.546. The molecule has 5 nitrogen and oxygen atoms in total. The van der Waals surface area contributed by atoms with Crippen LogP contribution in [0.15, 0.2) is 0 Å². The quantitative estimate of drug-likeness (QED) is 0.303. The van der Waals surface area contributed by atoms with Crippen molar-refractivity contribution in [3.63, 3.8) is 0 Å². The van der Waals surface area contributed by atoms with Gasteiger partial charge in [0.05, 0.1) is 0 Å². The first-order valence-corrected chi connectivity index (χ1v) is 2.34. The minimum absolute atomic E-state index is 2.42. The van der Waals surface area contributed by atoms with Crippen LogP contribution in [-0.2, 0) is 14.7 Å². The molecule has 6 heavy (non-hydrogen) atoms. The SMILES string of the molecule is [NH3+]OS(=O)(=O)O. The van der Waals surface area contributed by atoms with E-state index in [0.717, 1.165) is 0 Å². The molecule has 0 bridgehead atoms. The molecule has 0 saturated carbocycles. The van der Waals surface area contributed by atoms with Crippen LogP contribution >= 0.6 is 0 Å². The fourth-order valence-electron chi connectivity index (χ4n) is 0. The third kappa shape index (κ3) is 3.83. The van der Waals surface area contributed by atoms with Gasteiger partial charge in [-0.15, -0.1) is 0 Å². The van der Waals surface area contributed by atoms with E-state index in [2.05, 4.69) is 10.2 Å². The minimum atomic E-state index is -4.27. The van der Waals surface area contributed by atoms with Crippen molar-refractivity contribution in [2.45, 2.75) is 0 Å².